The summed E-state index contributed by atoms with van der Waals surface area (Å²) < 4.78 is 5.16. The van der Waals surface area contributed by atoms with E-state index in [-0.39, 0.29) is 5.41 Å². The minimum Gasteiger partial charge on any atom is -0.480 e. The van der Waals surface area contributed by atoms with Crippen molar-refractivity contribution in [1.29, 1.82) is 0 Å². The predicted octanol–water partition coefficient (Wildman–Crippen LogP) is 2.69. The normalized spacial score (nSPS) is 23.7. The molecule has 0 unspecified atom stereocenters. The van der Waals surface area contributed by atoms with E-state index >= 15 is 0 Å². The van der Waals surface area contributed by atoms with Gasteiger partial charge in [-0.2, -0.15) is 0 Å². The quantitative estimate of drug-likeness (QED) is 0.808. The van der Waals surface area contributed by atoms with Gasteiger partial charge in [-0.05, 0) is 51.9 Å². The zero-order valence-corrected chi connectivity index (χ0v) is 11.9. The van der Waals surface area contributed by atoms with Crippen LogP contribution < -0.4 is 5.32 Å². The Balaban J connectivity index is 1.99. The molecule has 2 aliphatic carbocycles. The number of ether oxygens (including phenoxy) is 1. The maximum Gasteiger partial charge on any atom is 0.408 e. The highest BCUT2D eigenvalue weighted by Gasteiger charge is 2.60. The zero-order chi connectivity index (χ0) is 14.3. The zero-order valence-electron chi connectivity index (χ0n) is 11.9. The van der Waals surface area contributed by atoms with E-state index in [1.54, 1.807) is 20.8 Å². The summed E-state index contributed by atoms with van der Waals surface area (Å²) in [5.74, 6) is -0.948. The molecule has 0 radical (unpaired) electrons. The number of carbonyl (C=O) groups excluding carboxylic acids is 1. The molecule has 5 nitrogen and oxygen atoms in total. The molecule has 0 heterocycles. The van der Waals surface area contributed by atoms with Crippen molar-refractivity contribution in [3.05, 3.63) is 0 Å². The maximum atomic E-state index is 11.8. The highest BCUT2D eigenvalue weighted by Crippen LogP contribution is 2.58. The number of alkyl carbamates (subject to hydrolysis) is 1. The van der Waals surface area contributed by atoms with Gasteiger partial charge in [0, 0.05) is 0 Å². The maximum absolute atomic E-state index is 11.8. The van der Waals surface area contributed by atoms with Crippen LogP contribution in [0.1, 0.15) is 59.3 Å². The van der Waals surface area contributed by atoms with E-state index < -0.39 is 23.2 Å². The van der Waals surface area contributed by atoms with Gasteiger partial charge in [0.15, 0.2) is 0 Å². The van der Waals surface area contributed by atoms with Crippen molar-refractivity contribution >= 4 is 12.1 Å². The number of carboxylic acid groups (broad SMARTS) is 1. The number of amides is 1. The lowest BCUT2D eigenvalue weighted by molar-refractivity contribution is -0.156. The Morgan fingerprint density at radius 1 is 1.16 bits per heavy atom. The third-order valence-electron chi connectivity index (χ3n) is 4.17. The van der Waals surface area contributed by atoms with Crippen LogP contribution in [0.3, 0.4) is 0 Å². The van der Waals surface area contributed by atoms with Gasteiger partial charge in [-0.15, -0.1) is 0 Å². The van der Waals surface area contributed by atoms with Crippen LogP contribution in [0.4, 0.5) is 4.79 Å². The highest BCUT2D eigenvalue weighted by molar-refractivity contribution is 5.86. The molecule has 1 spiro atoms. The standard InChI is InChI=1S/C14H23NO4/c1-12(2,3)19-11(18)15-14(10(16)17)8-13(9-14)6-4-5-7-13/h4-9H2,1-3H3,(H,15,18)(H,16,17). The SMILES string of the molecule is CC(C)(C)OC(=O)NC1(C(=O)O)CC2(CCCC2)C1. The molecule has 2 saturated carbocycles. The number of carbonyl (C=O) groups is 2. The summed E-state index contributed by atoms with van der Waals surface area (Å²) in [4.78, 5) is 23.3. The molecule has 0 atom stereocenters. The third-order valence-corrected chi connectivity index (χ3v) is 4.17. The van der Waals surface area contributed by atoms with Crippen LogP contribution in [0.2, 0.25) is 0 Å². The number of aliphatic carboxylic acids is 1. The summed E-state index contributed by atoms with van der Waals surface area (Å²) in [7, 11) is 0. The Kier molecular flexibility index (Phi) is 3.27. The molecule has 1 amide bonds. The predicted molar refractivity (Wildman–Crippen MR) is 69.9 cm³/mol. The molecule has 0 aromatic carbocycles. The van der Waals surface area contributed by atoms with Gasteiger partial charge in [-0.3, -0.25) is 0 Å². The molecule has 0 aromatic heterocycles. The van der Waals surface area contributed by atoms with Crippen molar-refractivity contribution in [2.45, 2.75) is 70.4 Å². The molecule has 0 bridgehead atoms. The van der Waals surface area contributed by atoms with Gasteiger partial charge in [-0.25, -0.2) is 9.59 Å². The lowest BCUT2D eigenvalue weighted by Crippen LogP contribution is -2.66. The van der Waals surface area contributed by atoms with Gasteiger partial charge < -0.3 is 15.2 Å². The fourth-order valence-corrected chi connectivity index (χ4v) is 3.50. The minimum atomic E-state index is -1.12. The number of nitrogens with one attached hydrogen (secondary N) is 1. The van der Waals surface area contributed by atoms with E-state index in [4.69, 9.17) is 4.74 Å². The van der Waals surface area contributed by atoms with Crippen LogP contribution >= 0.6 is 0 Å². The number of hydrogen-bond donors (Lipinski definition) is 2. The summed E-state index contributed by atoms with van der Waals surface area (Å²) in [5.41, 5.74) is -1.58. The summed E-state index contributed by atoms with van der Waals surface area (Å²) in [6.07, 6.45) is 4.94. The van der Waals surface area contributed by atoms with Crippen LogP contribution in [0.5, 0.6) is 0 Å². The third kappa shape index (κ3) is 2.85. The Morgan fingerprint density at radius 3 is 2.11 bits per heavy atom. The van der Waals surface area contributed by atoms with E-state index in [1.807, 2.05) is 0 Å². The van der Waals surface area contributed by atoms with Gasteiger partial charge in [-0.1, -0.05) is 12.8 Å². The fraction of sp³-hybridized carbons (Fsp3) is 0.857. The Hall–Kier alpha value is -1.26. The second kappa shape index (κ2) is 4.39. The van der Waals surface area contributed by atoms with Crippen molar-refractivity contribution in [2.24, 2.45) is 5.41 Å². The average molecular weight is 269 g/mol. The van der Waals surface area contributed by atoms with Gasteiger partial charge in [0.25, 0.3) is 0 Å². The lowest BCUT2D eigenvalue weighted by atomic mass is 9.56. The monoisotopic (exact) mass is 269 g/mol. The minimum absolute atomic E-state index is 0.146. The molecule has 0 aliphatic heterocycles. The summed E-state index contributed by atoms with van der Waals surface area (Å²) >= 11 is 0. The van der Waals surface area contributed by atoms with E-state index in [0.717, 1.165) is 12.8 Å². The molecule has 2 N–H and O–H groups in total. The van der Waals surface area contributed by atoms with E-state index in [1.165, 1.54) is 12.8 Å². The van der Waals surface area contributed by atoms with Crippen LogP contribution in [-0.2, 0) is 9.53 Å². The van der Waals surface area contributed by atoms with E-state index in [0.29, 0.717) is 12.8 Å². The van der Waals surface area contributed by atoms with Gasteiger partial charge in [0.2, 0.25) is 0 Å². The van der Waals surface area contributed by atoms with E-state index in [2.05, 4.69) is 5.32 Å². The first-order valence-corrected chi connectivity index (χ1v) is 6.91. The Morgan fingerprint density at radius 2 is 1.68 bits per heavy atom. The van der Waals surface area contributed by atoms with Crippen molar-refractivity contribution in [3.8, 4) is 0 Å². The van der Waals surface area contributed by atoms with Crippen LogP contribution in [-0.4, -0.2) is 28.3 Å². The van der Waals surface area contributed by atoms with Crippen molar-refractivity contribution in [3.63, 3.8) is 0 Å². The van der Waals surface area contributed by atoms with Crippen molar-refractivity contribution < 1.29 is 19.4 Å². The first-order valence-electron chi connectivity index (χ1n) is 6.91. The summed E-state index contributed by atoms with van der Waals surface area (Å²) in [6, 6.07) is 0. The highest BCUT2D eigenvalue weighted by atomic mass is 16.6. The molecule has 19 heavy (non-hydrogen) atoms. The molecule has 0 saturated heterocycles. The molecule has 2 aliphatic rings. The smallest absolute Gasteiger partial charge is 0.408 e. The molecule has 0 aromatic rings. The topological polar surface area (TPSA) is 75.6 Å². The Labute approximate surface area is 113 Å². The van der Waals surface area contributed by atoms with Crippen molar-refractivity contribution in [2.75, 3.05) is 0 Å². The lowest BCUT2D eigenvalue weighted by Gasteiger charge is -2.52. The van der Waals surface area contributed by atoms with E-state index in [9.17, 15) is 14.7 Å². The Bertz CT molecular complexity index is 383. The first kappa shape index (κ1) is 14.2. The molecular weight excluding hydrogens is 246 g/mol. The summed E-state index contributed by atoms with van der Waals surface area (Å²) in [6.45, 7) is 5.29. The van der Waals surface area contributed by atoms with Gasteiger partial charge in [0.1, 0.15) is 11.1 Å². The number of hydrogen-bond acceptors (Lipinski definition) is 3. The molecule has 5 heteroatoms. The van der Waals surface area contributed by atoms with Crippen LogP contribution in [0.15, 0.2) is 0 Å². The van der Waals surface area contributed by atoms with Gasteiger partial charge in [0.05, 0.1) is 0 Å². The fourth-order valence-electron chi connectivity index (χ4n) is 3.50. The average Bonchev–Trinajstić information content (AvgIpc) is 2.61. The van der Waals surface area contributed by atoms with Gasteiger partial charge >= 0.3 is 12.1 Å². The van der Waals surface area contributed by atoms with Crippen LogP contribution in [0.25, 0.3) is 0 Å². The van der Waals surface area contributed by atoms with Crippen molar-refractivity contribution in [1.82, 2.24) is 5.32 Å². The van der Waals surface area contributed by atoms with Crippen LogP contribution in [0, 0.1) is 5.41 Å². The number of rotatable bonds is 2. The molecule has 2 fully saturated rings. The first-order chi connectivity index (χ1) is 8.67. The molecular formula is C14H23NO4. The molecule has 108 valence electrons. The largest absolute Gasteiger partial charge is 0.480 e. The summed E-state index contributed by atoms with van der Waals surface area (Å²) in [5, 5.41) is 12.0. The number of carboxylic acids is 1. The second-order valence-corrected chi connectivity index (χ2v) is 7.07. The second-order valence-electron chi connectivity index (χ2n) is 7.07. The molecule has 2 rings (SSSR count).